The number of halogens is 1. The van der Waals surface area contributed by atoms with Crippen LogP contribution in [0, 0.1) is 0 Å². The van der Waals surface area contributed by atoms with E-state index in [0.717, 1.165) is 6.42 Å². The Balaban J connectivity index is 2.51. The molecule has 0 unspecified atom stereocenters. The molecule has 0 saturated carbocycles. The molecule has 0 aliphatic carbocycles. The fourth-order valence-electron chi connectivity index (χ4n) is 1.14. The number of amides is 2. The number of benzene rings is 1. The molecule has 0 bridgehead atoms. The van der Waals surface area contributed by atoms with Crippen molar-refractivity contribution in [1.29, 1.82) is 0 Å². The lowest BCUT2D eigenvalue weighted by Crippen LogP contribution is -2.38. The first-order valence-corrected chi connectivity index (χ1v) is 6.02. The van der Waals surface area contributed by atoms with E-state index in [1.165, 1.54) is 18.3 Å². The number of nitrogens with zero attached hydrogens (tertiary/aromatic N) is 1. The number of phenolic OH excluding ortho intramolecular Hbond substituents is 1. The van der Waals surface area contributed by atoms with Crippen LogP contribution in [0.15, 0.2) is 23.3 Å². The maximum Gasteiger partial charge on any atom is 0.329 e. The second-order valence-electron chi connectivity index (χ2n) is 3.67. The molecule has 0 radical (unpaired) electrons. The molecule has 19 heavy (non-hydrogen) atoms. The predicted molar refractivity (Wildman–Crippen MR) is 72.2 cm³/mol. The van der Waals surface area contributed by atoms with Gasteiger partial charge in [0.15, 0.2) is 0 Å². The quantitative estimate of drug-likeness (QED) is 0.438. The average molecular weight is 284 g/mol. The van der Waals surface area contributed by atoms with Gasteiger partial charge in [-0.15, -0.1) is 0 Å². The monoisotopic (exact) mass is 283 g/mol. The Morgan fingerprint density at radius 3 is 2.79 bits per heavy atom. The standard InChI is InChI=1S/C12H14ClN3O3/c1-2-5-14-11(18)12(19)16-15-7-8-3-4-10(17)9(13)6-8/h3-4,6-7,17H,2,5H2,1H3,(H,14,18)(H,16,19)/b15-7-. The Morgan fingerprint density at radius 1 is 1.42 bits per heavy atom. The highest BCUT2D eigenvalue weighted by molar-refractivity contribution is 6.35. The maximum atomic E-state index is 11.3. The number of nitrogens with one attached hydrogen (secondary N) is 2. The molecular formula is C12H14ClN3O3. The second kappa shape index (κ2) is 7.38. The van der Waals surface area contributed by atoms with Crippen LogP contribution < -0.4 is 10.7 Å². The van der Waals surface area contributed by atoms with Crippen molar-refractivity contribution in [2.24, 2.45) is 5.10 Å². The summed E-state index contributed by atoms with van der Waals surface area (Å²) in [5.41, 5.74) is 2.67. The van der Waals surface area contributed by atoms with Gasteiger partial charge in [0.05, 0.1) is 11.2 Å². The molecule has 6 nitrogen and oxygen atoms in total. The van der Waals surface area contributed by atoms with Gasteiger partial charge in [0.1, 0.15) is 5.75 Å². The maximum absolute atomic E-state index is 11.3. The Labute approximate surface area is 115 Å². The SMILES string of the molecule is CCCNC(=O)C(=O)N/N=C\c1ccc(O)c(Cl)c1. The van der Waals surface area contributed by atoms with E-state index in [4.69, 9.17) is 11.6 Å². The van der Waals surface area contributed by atoms with Crippen LogP contribution in [0.25, 0.3) is 0 Å². The molecular weight excluding hydrogens is 270 g/mol. The number of carbonyl (C=O) groups excluding carboxylic acids is 2. The van der Waals surface area contributed by atoms with Crippen LogP contribution in [0.1, 0.15) is 18.9 Å². The van der Waals surface area contributed by atoms with Crippen LogP contribution in [0.3, 0.4) is 0 Å². The first-order chi connectivity index (χ1) is 9.04. The highest BCUT2D eigenvalue weighted by atomic mass is 35.5. The van der Waals surface area contributed by atoms with Crippen molar-refractivity contribution in [3.05, 3.63) is 28.8 Å². The third-order valence-electron chi connectivity index (χ3n) is 2.09. The lowest BCUT2D eigenvalue weighted by atomic mass is 10.2. The Bertz CT molecular complexity index is 503. The van der Waals surface area contributed by atoms with E-state index in [1.807, 2.05) is 6.92 Å². The molecule has 2 amide bonds. The van der Waals surface area contributed by atoms with Gasteiger partial charge < -0.3 is 10.4 Å². The van der Waals surface area contributed by atoms with Gasteiger partial charge in [-0.2, -0.15) is 5.10 Å². The average Bonchev–Trinajstić information content (AvgIpc) is 2.39. The van der Waals surface area contributed by atoms with E-state index in [9.17, 15) is 14.7 Å². The lowest BCUT2D eigenvalue weighted by Gasteiger charge is -2.01. The van der Waals surface area contributed by atoms with E-state index >= 15 is 0 Å². The van der Waals surface area contributed by atoms with Crippen molar-refractivity contribution in [1.82, 2.24) is 10.7 Å². The summed E-state index contributed by atoms with van der Waals surface area (Å²) in [6.45, 7) is 2.31. The zero-order valence-corrected chi connectivity index (χ0v) is 11.1. The number of aromatic hydroxyl groups is 1. The second-order valence-corrected chi connectivity index (χ2v) is 4.07. The number of carbonyl (C=O) groups is 2. The summed E-state index contributed by atoms with van der Waals surface area (Å²) in [5.74, 6) is -1.61. The lowest BCUT2D eigenvalue weighted by molar-refractivity contribution is -0.139. The van der Waals surface area contributed by atoms with E-state index in [1.54, 1.807) is 6.07 Å². The fourth-order valence-corrected chi connectivity index (χ4v) is 1.33. The zero-order chi connectivity index (χ0) is 14.3. The molecule has 1 aromatic rings. The first kappa shape index (κ1) is 15.0. The minimum atomic E-state index is -0.838. The molecule has 0 aliphatic rings. The number of phenols is 1. The molecule has 0 aliphatic heterocycles. The van der Waals surface area contributed by atoms with Crippen LogP contribution >= 0.6 is 11.6 Å². The molecule has 1 aromatic carbocycles. The van der Waals surface area contributed by atoms with Crippen LogP contribution in [-0.4, -0.2) is 29.7 Å². The van der Waals surface area contributed by atoms with Gasteiger partial charge in [0.2, 0.25) is 0 Å². The summed E-state index contributed by atoms with van der Waals surface area (Å²) in [6, 6.07) is 4.44. The summed E-state index contributed by atoms with van der Waals surface area (Å²) < 4.78 is 0. The van der Waals surface area contributed by atoms with Crippen molar-refractivity contribution in [2.45, 2.75) is 13.3 Å². The van der Waals surface area contributed by atoms with Crippen LogP contribution in [0.5, 0.6) is 5.75 Å². The first-order valence-electron chi connectivity index (χ1n) is 5.64. The smallest absolute Gasteiger partial charge is 0.329 e. The molecule has 0 fully saturated rings. The van der Waals surface area contributed by atoms with Crippen molar-refractivity contribution in [3.8, 4) is 5.75 Å². The number of hydrazone groups is 1. The fraction of sp³-hybridized carbons (Fsp3) is 0.250. The summed E-state index contributed by atoms with van der Waals surface area (Å²) >= 11 is 5.70. The summed E-state index contributed by atoms with van der Waals surface area (Å²) in [4.78, 5) is 22.4. The summed E-state index contributed by atoms with van der Waals surface area (Å²) in [5, 5.41) is 15.4. The highest BCUT2D eigenvalue weighted by Gasteiger charge is 2.10. The van der Waals surface area contributed by atoms with Crippen molar-refractivity contribution < 1.29 is 14.7 Å². The molecule has 102 valence electrons. The third kappa shape index (κ3) is 4.97. The largest absolute Gasteiger partial charge is 0.506 e. The van der Waals surface area contributed by atoms with Crippen molar-refractivity contribution in [2.75, 3.05) is 6.54 Å². The third-order valence-corrected chi connectivity index (χ3v) is 2.40. The van der Waals surface area contributed by atoms with Gasteiger partial charge in [-0.1, -0.05) is 18.5 Å². The van der Waals surface area contributed by atoms with E-state index in [0.29, 0.717) is 12.1 Å². The van der Waals surface area contributed by atoms with Crippen LogP contribution in [0.2, 0.25) is 5.02 Å². The summed E-state index contributed by atoms with van der Waals surface area (Å²) in [6.07, 6.45) is 2.06. The number of hydrogen-bond donors (Lipinski definition) is 3. The van der Waals surface area contributed by atoms with Crippen LogP contribution in [-0.2, 0) is 9.59 Å². The highest BCUT2D eigenvalue weighted by Crippen LogP contribution is 2.22. The van der Waals surface area contributed by atoms with Gasteiger partial charge in [-0.05, 0) is 30.2 Å². The zero-order valence-electron chi connectivity index (χ0n) is 10.3. The van der Waals surface area contributed by atoms with Gasteiger partial charge in [0.25, 0.3) is 0 Å². The molecule has 1 rings (SSSR count). The van der Waals surface area contributed by atoms with Gasteiger partial charge in [-0.25, -0.2) is 5.43 Å². The van der Waals surface area contributed by atoms with Gasteiger partial charge in [0, 0.05) is 6.54 Å². The summed E-state index contributed by atoms with van der Waals surface area (Å²) in [7, 11) is 0. The Morgan fingerprint density at radius 2 is 2.16 bits per heavy atom. The molecule has 0 aromatic heterocycles. The van der Waals surface area contributed by atoms with Gasteiger partial charge >= 0.3 is 11.8 Å². The van der Waals surface area contributed by atoms with Crippen molar-refractivity contribution in [3.63, 3.8) is 0 Å². The number of rotatable bonds is 4. The molecule has 0 saturated heterocycles. The van der Waals surface area contributed by atoms with E-state index < -0.39 is 11.8 Å². The predicted octanol–water partition coefficient (Wildman–Crippen LogP) is 1.02. The minimum Gasteiger partial charge on any atom is -0.506 e. The molecule has 0 heterocycles. The minimum absolute atomic E-state index is 0.0400. The Kier molecular flexibility index (Phi) is 5.81. The van der Waals surface area contributed by atoms with Gasteiger partial charge in [-0.3, -0.25) is 9.59 Å². The van der Waals surface area contributed by atoms with E-state index in [2.05, 4.69) is 15.8 Å². The van der Waals surface area contributed by atoms with Crippen LogP contribution in [0.4, 0.5) is 0 Å². The molecule has 0 spiro atoms. The molecule has 0 atom stereocenters. The normalized spacial score (nSPS) is 10.4. The number of hydrogen-bond acceptors (Lipinski definition) is 4. The van der Waals surface area contributed by atoms with E-state index in [-0.39, 0.29) is 10.8 Å². The molecule has 7 heteroatoms. The van der Waals surface area contributed by atoms with Crippen molar-refractivity contribution >= 4 is 29.6 Å². The Hall–Kier alpha value is -2.08. The molecule has 3 N–H and O–H groups in total. The topological polar surface area (TPSA) is 90.8 Å².